The SMILES string of the molecule is COc1ccc(/C([S-])=C/C=N[C@H]2CCCC[C@@H]2N=C/C=C(\[S-])c2ccc(OC)cc2)cc1.[Ni+2]. The van der Waals surface area contributed by atoms with Crippen molar-refractivity contribution in [3.63, 3.8) is 0 Å². The van der Waals surface area contributed by atoms with Crippen LogP contribution in [0.25, 0.3) is 9.81 Å². The number of ether oxygens (including phenoxy) is 2. The molecule has 0 aromatic heterocycles. The molecule has 0 amide bonds. The Morgan fingerprint density at radius 3 is 1.42 bits per heavy atom. The summed E-state index contributed by atoms with van der Waals surface area (Å²) in [5.41, 5.74) is 1.96. The molecule has 0 aliphatic heterocycles. The maximum atomic E-state index is 5.51. The van der Waals surface area contributed by atoms with Crippen LogP contribution >= 0.6 is 0 Å². The van der Waals surface area contributed by atoms with Gasteiger partial charge >= 0.3 is 16.5 Å². The van der Waals surface area contributed by atoms with Crippen LogP contribution in [0.3, 0.4) is 0 Å². The minimum absolute atomic E-state index is 0. The molecule has 0 spiro atoms. The van der Waals surface area contributed by atoms with E-state index in [1.54, 1.807) is 14.2 Å². The summed E-state index contributed by atoms with van der Waals surface area (Å²) in [7, 11) is 3.30. The Bertz CT molecular complexity index is 905. The molecular formula is C26H28N2NiO2S2. The largest absolute Gasteiger partial charge is 2.00 e. The molecule has 2 aromatic carbocycles. The summed E-state index contributed by atoms with van der Waals surface area (Å²) in [5.74, 6) is 1.63. The smallest absolute Gasteiger partial charge is 0.779 e. The third-order valence-corrected chi connectivity index (χ3v) is 6.19. The van der Waals surface area contributed by atoms with Crippen LogP contribution in [-0.4, -0.2) is 38.7 Å². The minimum atomic E-state index is 0. The molecule has 0 radical (unpaired) electrons. The normalized spacial score (nSPS) is 19.5. The Morgan fingerprint density at radius 1 is 0.727 bits per heavy atom. The minimum Gasteiger partial charge on any atom is -0.779 e. The summed E-state index contributed by atoms with van der Waals surface area (Å²) in [6.07, 6.45) is 11.8. The summed E-state index contributed by atoms with van der Waals surface area (Å²) in [4.78, 5) is 11.1. The van der Waals surface area contributed by atoms with Crippen molar-refractivity contribution in [3.05, 3.63) is 71.8 Å². The van der Waals surface area contributed by atoms with Crippen molar-refractivity contribution < 1.29 is 26.0 Å². The van der Waals surface area contributed by atoms with Crippen LogP contribution in [0.4, 0.5) is 0 Å². The van der Waals surface area contributed by atoms with Gasteiger partial charge in [-0.15, -0.1) is 0 Å². The number of aliphatic imine (C=N–C) groups is 2. The molecule has 7 heteroatoms. The van der Waals surface area contributed by atoms with Crippen molar-refractivity contribution in [3.8, 4) is 11.5 Å². The van der Waals surface area contributed by atoms with E-state index in [2.05, 4.69) is 0 Å². The van der Waals surface area contributed by atoms with Gasteiger partial charge in [0.25, 0.3) is 0 Å². The van der Waals surface area contributed by atoms with Gasteiger partial charge in [0.2, 0.25) is 0 Å². The van der Waals surface area contributed by atoms with Crippen LogP contribution in [0.15, 0.2) is 70.7 Å². The van der Waals surface area contributed by atoms with Crippen LogP contribution in [0.1, 0.15) is 36.8 Å². The molecule has 0 heterocycles. The zero-order valence-electron chi connectivity index (χ0n) is 18.8. The van der Waals surface area contributed by atoms with Gasteiger partial charge in [0, 0.05) is 12.4 Å². The molecule has 1 aliphatic rings. The number of nitrogens with zero attached hydrogens (tertiary/aromatic N) is 2. The summed E-state index contributed by atoms with van der Waals surface area (Å²) >= 11 is 11.0. The van der Waals surface area contributed by atoms with Crippen LogP contribution < -0.4 is 9.47 Å². The maximum absolute atomic E-state index is 5.51. The van der Waals surface area contributed by atoms with E-state index in [0.29, 0.717) is 0 Å². The average Bonchev–Trinajstić information content (AvgIpc) is 2.85. The van der Waals surface area contributed by atoms with Gasteiger partial charge in [0.15, 0.2) is 0 Å². The summed E-state index contributed by atoms with van der Waals surface area (Å²) in [5, 5.41) is 0. The molecule has 1 saturated carbocycles. The summed E-state index contributed by atoms with van der Waals surface area (Å²) in [6.45, 7) is 0. The summed E-state index contributed by atoms with van der Waals surface area (Å²) in [6, 6.07) is 15.8. The molecule has 1 fully saturated rings. The quantitative estimate of drug-likeness (QED) is 0.256. The zero-order valence-corrected chi connectivity index (χ0v) is 21.4. The Kier molecular flexibility index (Phi) is 11.6. The molecule has 2 aromatic rings. The predicted molar refractivity (Wildman–Crippen MR) is 140 cm³/mol. The van der Waals surface area contributed by atoms with Crippen LogP contribution in [-0.2, 0) is 41.7 Å². The number of benzene rings is 2. The standard InChI is InChI=1S/C26H30N2O2S2.Ni/c1-29-21-11-7-19(8-12-21)25(31)15-17-27-23-5-3-4-6-24(23)28-18-16-26(32)20-9-13-22(30-2)14-10-20;/h7-18,23-24,31-32H,3-6H2,1-2H3;/q;+2/p-2/b25-15-,26-16-,27-17?,28-18?;/t23-,24-;/m0./s1. The van der Waals surface area contributed by atoms with Gasteiger partial charge in [0.1, 0.15) is 11.5 Å². The fraction of sp³-hybridized carbons (Fsp3) is 0.308. The van der Waals surface area contributed by atoms with E-state index >= 15 is 0 Å². The second-order valence-corrected chi connectivity index (χ2v) is 8.41. The first-order chi connectivity index (χ1) is 15.6. The van der Waals surface area contributed by atoms with Gasteiger partial charge in [-0.3, -0.25) is 9.98 Å². The third kappa shape index (κ3) is 8.26. The molecule has 33 heavy (non-hydrogen) atoms. The van der Waals surface area contributed by atoms with Crippen LogP contribution in [0.5, 0.6) is 11.5 Å². The molecule has 176 valence electrons. The van der Waals surface area contributed by atoms with Crippen LogP contribution in [0, 0.1) is 0 Å². The Balaban J connectivity index is 0.00000385. The second kappa shape index (κ2) is 14.1. The number of rotatable bonds is 8. The van der Waals surface area contributed by atoms with Gasteiger partial charge in [-0.25, -0.2) is 0 Å². The van der Waals surface area contributed by atoms with Crippen molar-refractivity contribution >= 4 is 47.5 Å². The van der Waals surface area contributed by atoms with E-state index in [4.69, 9.17) is 44.7 Å². The Labute approximate surface area is 218 Å². The number of hydrogen-bond donors (Lipinski definition) is 0. The Hall–Kier alpha value is -2.21. The number of hydrogen-bond acceptors (Lipinski definition) is 6. The fourth-order valence-electron chi connectivity index (χ4n) is 3.59. The molecule has 1 aliphatic carbocycles. The molecule has 0 bridgehead atoms. The van der Waals surface area contributed by atoms with Crippen molar-refractivity contribution in [1.29, 1.82) is 0 Å². The van der Waals surface area contributed by atoms with Gasteiger partial charge in [-0.05, 0) is 48.2 Å². The van der Waals surface area contributed by atoms with E-state index in [1.165, 1.54) is 12.8 Å². The van der Waals surface area contributed by atoms with Crippen molar-refractivity contribution in [2.24, 2.45) is 9.98 Å². The van der Waals surface area contributed by atoms with Crippen molar-refractivity contribution in [2.45, 2.75) is 37.8 Å². The first-order valence-electron chi connectivity index (χ1n) is 10.7. The van der Waals surface area contributed by atoms with Gasteiger partial charge in [0.05, 0.1) is 26.3 Å². The fourth-order valence-corrected chi connectivity index (χ4v) is 3.98. The van der Waals surface area contributed by atoms with E-state index in [9.17, 15) is 0 Å². The average molecular weight is 523 g/mol. The zero-order chi connectivity index (χ0) is 22.8. The first kappa shape index (κ1) is 27.0. The van der Waals surface area contributed by atoms with Crippen molar-refractivity contribution in [1.82, 2.24) is 0 Å². The van der Waals surface area contributed by atoms with E-state index in [-0.39, 0.29) is 28.6 Å². The van der Waals surface area contributed by atoms with Gasteiger partial charge in [-0.1, -0.05) is 49.3 Å². The van der Waals surface area contributed by atoms with Crippen LogP contribution in [0.2, 0.25) is 0 Å². The first-order valence-corrected chi connectivity index (χ1v) is 11.5. The van der Waals surface area contributed by atoms with Crippen molar-refractivity contribution in [2.75, 3.05) is 14.2 Å². The molecule has 4 nitrogen and oxygen atoms in total. The number of methoxy groups -OCH3 is 2. The van der Waals surface area contributed by atoms with Gasteiger partial charge in [-0.2, -0.15) is 9.81 Å². The number of allylic oxidation sites excluding steroid dienone is 2. The van der Waals surface area contributed by atoms with E-state index in [0.717, 1.165) is 45.3 Å². The molecule has 2 atom stereocenters. The molecular weight excluding hydrogens is 495 g/mol. The van der Waals surface area contributed by atoms with E-state index < -0.39 is 0 Å². The predicted octanol–water partition coefficient (Wildman–Crippen LogP) is 5.63. The topological polar surface area (TPSA) is 43.2 Å². The molecule has 3 rings (SSSR count). The van der Waals surface area contributed by atoms with E-state index in [1.807, 2.05) is 73.1 Å². The molecule has 0 saturated heterocycles. The summed E-state index contributed by atoms with van der Waals surface area (Å²) < 4.78 is 10.4. The third-order valence-electron chi connectivity index (χ3n) is 5.45. The molecule has 0 N–H and O–H groups in total. The van der Waals surface area contributed by atoms with Gasteiger partial charge < -0.3 is 34.7 Å². The maximum Gasteiger partial charge on any atom is 2.00 e. The second-order valence-electron chi connectivity index (χ2n) is 7.53. The molecule has 0 unspecified atom stereocenters. The monoisotopic (exact) mass is 522 g/mol. The Morgan fingerprint density at radius 2 is 1.09 bits per heavy atom.